The van der Waals surface area contributed by atoms with Gasteiger partial charge in [-0.15, -0.1) is 12.4 Å². The zero-order valence-corrected chi connectivity index (χ0v) is 15.2. The molecular formula is C15H23BrCl2N2O. The fourth-order valence-electron chi connectivity index (χ4n) is 2.70. The number of likely N-dealkylation sites (tertiary alicyclic amines) is 1. The molecule has 0 amide bonds. The lowest BCUT2D eigenvalue weighted by Crippen LogP contribution is -2.38. The maximum atomic E-state index is 5.91. The summed E-state index contributed by atoms with van der Waals surface area (Å²) < 4.78 is 6.72. The van der Waals surface area contributed by atoms with Crippen molar-refractivity contribution in [2.75, 3.05) is 32.8 Å². The maximum absolute atomic E-state index is 5.91. The Bertz CT molecular complexity index is 432. The van der Waals surface area contributed by atoms with E-state index in [-0.39, 0.29) is 12.4 Å². The van der Waals surface area contributed by atoms with E-state index in [9.17, 15) is 0 Å². The first-order valence-corrected chi connectivity index (χ1v) is 8.36. The van der Waals surface area contributed by atoms with Crippen molar-refractivity contribution < 1.29 is 4.74 Å². The highest BCUT2D eigenvalue weighted by atomic mass is 79.9. The first-order chi connectivity index (χ1) is 9.69. The van der Waals surface area contributed by atoms with E-state index in [1.54, 1.807) is 0 Å². The average Bonchev–Trinajstić information content (AvgIpc) is 2.42. The van der Waals surface area contributed by atoms with E-state index < -0.39 is 0 Å². The van der Waals surface area contributed by atoms with Crippen molar-refractivity contribution in [1.29, 1.82) is 0 Å². The SMILES string of the molecule is Cl.NCCC1CCCN(CCOc2ccc(Cl)cc2Br)C1. The van der Waals surface area contributed by atoms with Crippen LogP contribution in [0.2, 0.25) is 5.02 Å². The van der Waals surface area contributed by atoms with Gasteiger partial charge in [-0.25, -0.2) is 0 Å². The highest BCUT2D eigenvalue weighted by Crippen LogP contribution is 2.28. The number of halogens is 3. The van der Waals surface area contributed by atoms with Crippen molar-refractivity contribution >= 4 is 39.9 Å². The Morgan fingerprint density at radius 3 is 2.95 bits per heavy atom. The fraction of sp³-hybridized carbons (Fsp3) is 0.600. The van der Waals surface area contributed by atoms with Crippen LogP contribution >= 0.6 is 39.9 Å². The first-order valence-electron chi connectivity index (χ1n) is 7.19. The van der Waals surface area contributed by atoms with E-state index in [0.29, 0.717) is 11.6 Å². The highest BCUT2D eigenvalue weighted by Gasteiger charge is 2.18. The van der Waals surface area contributed by atoms with Gasteiger partial charge in [0.2, 0.25) is 0 Å². The number of benzene rings is 1. The van der Waals surface area contributed by atoms with Crippen molar-refractivity contribution in [3.63, 3.8) is 0 Å². The van der Waals surface area contributed by atoms with Crippen LogP contribution in [0, 0.1) is 5.92 Å². The maximum Gasteiger partial charge on any atom is 0.133 e. The quantitative estimate of drug-likeness (QED) is 0.789. The van der Waals surface area contributed by atoms with Crippen molar-refractivity contribution in [2.24, 2.45) is 11.7 Å². The summed E-state index contributed by atoms with van der Waals surface area (Å²) >= 11 is 9.38. The topological polar surface area (TPSA) is 38.5 Å². The molecule has 0 saturated carbocycles. The second-order valence-corrected chi connectivity index (χ2v) is 6.60. The molecular weight excluding hydrogens is 375 g/mol. The number of piperidine rings is 1. The third kappa shape index (κ3) is 6.33. The first kappa shape index (κ1) is 19.0. The Morgan fingerprint density at radius 1 is 1.43 bits per heavy atom. The van der Waals surface area contributed by atoms with Crippen LogP contribution in [-0.2, 0) is 0 Å². The normalized spacial score (nSPS) is 19.1. The third-order valence-electron chi connectivity index (χ3n) is 3.74. The molecule has 0 aliphatic carbocycles. The van der Waals surface area contributed by atoms with Gasteiger partial charge in [-0.05, 0) is 72.4 Å². The van der Waals surface area contributed by atoms with Gasteiger partial charge < -0.3 is 10.5 Å². The summed E-state index contributed by atoms with van der Waals surface area (Å²) in [7, 11) is 0. The van der Waals surface area contributed by atoms with Crippen molar-refractivity contribution in [3.05, 3.63) is 27.7 Å². The molecule has 1 saturated heterocycles. The monoisotopic (exact) mass is 396 g/mol. The minimum Gasteiger partial charge on any atom is -0.491 e. The number of nitrogens with two attached hydrogens (primary N) is 1. The molecule has 0 radical (unpaired) electrons. The summed E-state index contributed by atoms with van der Waals surface area (Å²) in [5, 5.41) is 0.713. The summed E-state index contributed by atoms with van der Waals surface area (Å²) in [6, 6.07) is 5.61. The summed E-state index contributed by atoms with van der Waals surface area (Å²) in [5.41, 5.74) is 5.65. The van der Waals surface area contributed by atoms with Gasteiger partial charge >= 0.3 is 0 Å². The van der Waals surface area contributed by atoms with Gasteiger partial charge in [0.1, 0.15) is 12.4 Å². The van der Waals surface area contributed by atoms with Crippen LogP contribution in [0.4, 0.5) is 0 Å². The number of hydrogen-bond acceptors (Lipinski definition) is 3. The van der Waals surface area contributed by atoms with Crippen LogP contribution in [0.3, 0.4) is 0 Å². The molecule has 1 aliphatic heterocycles. The summed E-state index contributed by atoms with van der Waals surface area (Å²) in [4.78, 5) is 2.48. The van der Waals surface area contributed by atoms with Crippen LogP contribution < -0.4 is 10.5 Å². The predicted molar refractivity (Wildman–Crippen MR) is 94.7 cm³/mol. The number of rotatable bonds is 6. The lowest BCUT2D eigenvalue weighted by Gasteiger charge is -2.32. The van der Waals surface area contributed by atoms with Crippen LogP contribution in [0.1, 0.15) is 19.3 Å². The molecule has 3 nitrogen and oxygen atoms in total. The minimum absolute atomic E-state index is 0. The van der Waals surface area contributed by atoms with Gasteiger partial charge in [-0.2, -0.15) is 0 Å². The Kier molecular flexibility index (Phi) is 8.98. The summed E-state index contributed by atoms with van der Waals surface area (Å²) in [5.74, 6) is 1.61. The second-order valence-electron chi connectivity index (χ2n) is 5.31. The van der Waals surface area contributed by atoms with E-state index >= 15 is 0 Å². The standard InChI is InChI=1S/C15H22BrClN2O.ClH/c16-14-10-13(17)3-4-15(14)20-9-8-19-7-1-2-12(11-19)5-6-18;/h3-4,10,12H,1-2,5-9,11,18H2;1H. The lowest BCUT2D eigenvalue weighted by molar-refractivity contribution is 0.143. The van der Waals surface area contributed by atoms with Crippen LogP contribution in [-0.4, -0.2) is 37.7 Å². The molecule has 1 aliphatic rings. The highest BCUT2D eigenvalue weighted by molar-refractivity contribution is 9.10. The van der Waals surface area contributed by atoms with E-state index in [2.05, 4.69) is 20.8 Å². The zero-order chi connectivity index (χ0) is 14.4. The largest absolute Gasteiger partial charge is 0.491 e. The Hall–Kier alpha value is -0.0000000000000000555. The number of nitrogens with zero attached hydrogens (tertiary/aromatic N) is 1. The van der Waals surface area contributed by atoms with Gasteiger partial charge in [0, 0.05) is 18.1 Å². The van der Waals surface area contributed by atoms with Crippen molar-refractivity contribution in [1.82, 2.24) is 4.90 Å². The van der Waals surface area contributed by atoms with Crippen molar-refractivity contribution in [2.45, 2.75) is 19.3 Å². The van der Waals surface area contributed by atoms with Gasteiger partial charge in [-0.3, -0.25) is 4.90 Å². The second kappa shape index (κ2) is 9.90. The molecule has 2 N–H and O–H groups in total. The Balaban J connectivity index is 0.00000220. The lowest BCUT2D eigenvalue weighted by atomic mass is 9.95. The molecule has 0 aromatic heterocycles. The molecule has 6 heteroatoms. The summed E-state index contributed by atoms with van der Waals surface area (Å²) in [6.07, 6.45) is 3.73. The zero-order valence-electron chi connectivity index (χ0n) is 12.1. The van der Waals surface area contributed by atoms with E-state index in [0.717, 1.165) is 42.2 Å². The molecule has 0 spiro atoms. The van der Waals surface area contributed by atoms with Gasteiger partial charge in [0.05, 0.1) is 4.47 Å². The fourth-order valence-corrected chi connectivity index (χ4v) is 3.50. The number of hydrogen-bond donors (Lipinski definition) is 1. The molecule has 0 bridgehead atoms. The smallest absolute Gasteiger partial charge is 0.133 e. The molecule has 1 aromatic carbocycles. The predicted octanol–water partition coefficient (Wildman–Crippen LogP) is 3.96. The van der Waals surface area contributed by atoms with Crippen LogP contribution in [0.25, 0.3) is 0 Å². The Labute approximate surface area is 146 Å². The Morgan fingerprint density at radius 2 is 2.24 bits per heavy atom. The minimum atomic E-state index is 0. The molecule has 21 heavy (non-hydrogen) atoms. The van der Waals surface area contributed by atoms with Crippen molar-refractivity contribution in [3.8, 4) is 5.75 Å². The van der Waals surface area contributed by atoms with Gasteiger partial charge in [0.25, 0.3) is 0 Å². The van der Waals surface area contributed by atoms with Gasteiger partial charge in [-0.1, -0.05) is 11.6 Å². The third-order valence-corrected chi connectivity index (χ3v) is 4.59. The van der Waals surface area contributed by atoms with Crippen LogP contribution in [0.15, 0.2) is 22.7 Å². The van der Waals surface area contributed by atoms with E-state index in [1.807, 2.05) is 18.2 Å². The van der Waals surface area contributed by atoms with E-state index in [4.69, 9.17) is 22.1 Å². The molecule has 1 aromatic rings. The summed E-state index contributed by atoms with van der Waals surface area (Å²) in [6.45, 7) is 4.80. The van der Waals surface area contributed by atoms with E-state index in [1.165, 1.54) is 19.4 Å². The molecule has 1 fully saturated rings. The molecule has 1 heterocycles. The van der Waals surface area contributed by atoms with Gasteiger partial charge in [0.15, 0.2) is 0 Å². The number of ether oxygens (including phenoxy) is 1. The molecule has 1 atom stereocenters. The average molecular weight is 398 g/mol. The molecule has 120 valence electrons. The molecule has 1 unspecified atom stereocenters. The molecule has 2 rings (SSSR count). The van der Waals surface area contributed by atoms with Crippen LogP contribution in [0.5, 0.6) is 5.75 Å².